The molecule has 0 atom stereocenters. The van der Waals surface area contributed by atoms with Gasteiger partial charge in [0.2, 0.25) is 0 Å². The molecule has 6 N–H and O–H groups in total. The first-order valence-corrected chi connectivity index (χ1v) is 13.9. The number of nitrogens with one attached hydrogen (secondary N) is 3. The van der Waals surface area contributed by atoms with Gasteiger partial charge in [-0.1, -0.05) is 35.4 Å². The van der Waals surface area contributed by atoms with E-state index < -0.39 is 17.9 Å². The zero-order valence-electron chi connectivity index (χ0n) is 27.6. The number of hydrogen-bond acceptors (Lipinski definition) is 8. The minimum atomic E-state index is -0.833. The van der Waals surface area contributed by atoms with Crippen LogP contribution < -0.4 is 16.0 Å². The molecule has 0 spiro atoms. The highest BCUT2D eigenvalue weighted by atomic mass is 16.4. The molecule has 0 radical (unpaired) electrons. The molecule has 13 heteroatoms. The van der Waals surface area contributed by atoms with E-state index in [4.69, 9.17) is 29.7 Å². The molecule has 0 aromatic heterocycles. The molecule has 0 aliphatic rings. The number of carboxylic acid groups (broad SMARTS) is 3. The normalized spacial score (nSPS) is 9.98. The van der Waals surface area contributed by atoms with Crippen molar-refractivity contribution >= 4 is 53.5 Å². The molecule has 2 aromatic rings. The minimum Gasteiger partial charge on any atom is -0.481 e. The van der Waals surface area contributed by atoms with E-state index in [9.17, 15) is 9.59 Å². The maximum atomic E-state index is 12.1. The van der Waals surface area contributed by atoms with Gasteiger partial charge in [-0.3, -0.25) is 34.0 Å². The number of hydrogen-bond donors (Lipinski definition) is 6. The second-order valence-corrected chi connectivity index (χ2v) is 9.90. The Morgan fingerprint density at radius 1 is 0.578 bits per heavy atom. The lowest BCUT2D eigenvalue weighted by molar-refractivity contribution is -0.135. The van der Waals surface area contributed by atoms with Gasteiger partial charge in [0.05, 0.1) is 25.5 Å². The van der Waals surface area contributed by atoms with Gasteiger partial charge in [-0.25, -0.2) is 0 Å². The van der Waals surface area contributed by atoms with Gasteiger partial charge in [-0.05, 0) is 63.8 Å². The molecule has 0 aliphatic heterocycles. The molecule has 0 fully saturated rings. The predicted molar refractivity (Wildman–Crippen MR) is 178 cm³/mol. The van der Waals surface area contributed by atoms with Crippen molar-refractivity contribution in [2.75, 3.05) is 36.8 Å². The second-order valence-electron chi connectivity index (χ2n) is 9.90. The van der Waals surface area contributed by atoms with Crippen LogP contribution in [-0.4, -0.2) is 83.7 Å². The fourth-order valence-electron chi connectivity index (χ4n) is 3.77. The third kappa shape index (κ3) is 24.3. The van der Waals surface area contributed by atoms with Gasteiger partial charge in [-0.2, -0.15) is 0 Å². The highest BCUT2D eigenvalue weighted by Gasteiger charge is 2.07. The van der Waals surface area contributed by atoms with Crippen LogP contribution >= 0.6 is 0 Å². The molecule has 248 valence electrons. The number of anilines is 2. The summed E-state index contributed by atoms with van der Waals surface area (Å²) in [5.41, 5.74) is 8.16. The van der Waals surface area contributed by atoms with Crippen LogP contribution in [0.15, 0.2) is 34.3 Å². The van der Waals surface area contributed by atoms with Crippen LogP contribution in [0.3, 0.4) is 0 Å². The molecule has 45 heavy (non-hydrogen) atoms. The topological polar surface area (TPSA) is 207 Å². The monoisotopic (exact) mass is 629 g/mol. The zero-order chi connectivity index (χ0) is 35.1. The largest absolute Gasteiger partial charge is 0.481 e. The molecule has 0 unspecified atom stereocenters. The maximum absolute atomic E-state index is 12.1. The number of aliphatic carboxylic acids is 3. The molecule has 2 rings (SSSR count). The second kappa shape index (κ2) is 23.5. The third-order valence-electron chi connectivity index (χ3n) is 5.10. The van der Waals surface area contributed by atoms with E-state index in [0.29, 0.717) is 26.2 Å². The number of nitrogens with zero attached hydrogens (tertiary/aromatic N) is 2. The average molecular weight is 630 g/mol. The standard InChI is InChI=1S/C26H35N5O2.3C2H4O2/c1-17-11-19(3)25(20(4)12-17)30-23(32)15-28-9-7-27-8-10-29-16-24(33)31-26-21(5)13-18(2)14-22(26)6;3*1-2(3)4/h11-16,27H,7-10H2,1-6H3,(H,30,32)(H,31,33);3*1H3,(H,3,4)/b28-15-,29-16+;;;. The lowest BCUT2D eigenvalue weighted by atomic mass is 10.1. The Balaban J connectivity index is 0. The minimum absolute atomic E-state index is 0.236. The Morgan fingerprint density at radius 2 is 0.822 bits per heavy atom. The fourth-order valence-corrected chi connectivity index (χ4v) is 3.77. The number of benzene rings is 2. The predicted octanol–water partition coefficient (Wildman–Crippen LogP) is 4.12. The Labute approximate surface area is 264 Å². The SMILES string of the molecule is CC(=O)O.CC(=O)O.CC(=O)O.Cc1cc(C)c(NC(=O)/C=N\CCNCC/N=C/C(=O)Nc2c(C)cc(C)cc2C)c(C)c1. The van der Waals surface area contributed by atoms with E-state index in [-0.39, 0.29) is 11.8 Å². The molecule has 2 amide bonds. The van der Waals surface area contributed by atoms with Crippen LogP contribution in [0.25, 0.3) is 0 Å². The van der Waals surface area contributed by atoms with Crippen LogP contribution in [0.4, 0.5) is 11.4 Å². The van der Waals surface area contributed by atoms with E-state index in [1.807, 2.05) is 65.8 Å². The van der Waals surface area contributed by atoms with Crippen molar-refractivity contribution < 1.29 is 39.3 Å². The number of amides is 2. The first-order chi connectivity index (χ1) is 20.9. The van der Waals surface area contributed by atoms with Crippen molar-refractivity contribution in [2.45, 2.75) is 62.3 Å². The Kier molecular flexibility index (Phi) is 22.1. The summed E-state index contributed by atoms with van der Waals surface area (Å²) in [6, 6.07) is 8.17. The van der Waals surface area contributed by atoms with Crippen LogP contribution in [0.5, 0.6) is 0 Å². The molecule has 0 bridgehead atoms. The van der Waals surface area contributed by atoms with Crippen molar-refractivity contribution in [1.29, 1.82) is 0 Å². The number of carbonyl (C=O) groups excluding carboxylic acids is 2. The van der Waals surface area contributed by atoms with Gasteiger partial charge in [0.15, 0.2) is 0 Å². The van der Waals surface area contributed by atoms with Gasteiger partial charge < -0.3 is 31.3 Å². The first kappa shape index (κ1) is 42.2. The van der Waals surface area contributed by atoms with Crippen molar-refractivity contribution in [1.82, 2.24) is 5.32 Å². The molecule has 0 saturated carbocycles. The number of aliphatic imine (C=N–C) groups is 2. The summed E-state index contributed by atoms with van der Waals surface area (Å²) in [5.74, 6) is -2.97. The average Bonchev–Trinajstić information content (AvgIpc) is 2.86. The van der Waals surface area contributed by atoms with Gasteiger partial charge in [0.25, 0.3) is 29.7 Å². The van der Waals surface area contributed by atoms with Crippen molar-refractivity contribution in [3.05, 3.63) is 57.6 Å². The Morgan fingerprint density at radius 3 is 1.07 bits per heavy atom. The van der Waals surface area contributed by atoms with Crippen LogP contribution in [0.1, 0.15) is 54.2 Å². The summed E-state index contributed by atoms with van der Waals surface area (Å²) in [5, 5.41) is 31.2. The Bertz CT molecular complexity index is 1180. The van der Waals surface area contributed by atoms with Crippen LogP contribution in [0, 0.1) is 41.5 Å². The summed E-state index contributed by atoms with van der Waals surface area (Å²) in [6.45, 7) is 17.4. The fraction of sp³-hybridized carbons (Fsp3) is 0.406. The van der Waals surface area contributed by atoms with Crippen molar-refractivity contribution in [2.24, 2.45) is 9.98 Å². The van der Waals surface area contributed by atoms with E-state index in [1.54, 1.807) is 0 Å². The van der Waals surface area contributed by atoms with Gasteiger partial charge in [0, 0.05) is 45.2 Å². The summed E-state index contributed by atoms with van der Waals surface area (Å²) >= 11 is 0. The van der Waals surface area contributed by atoms with E-state index in [1.165, 1.54) is 23.6 Å². The number of carboxylic acids is 3. The molecular weight excluding hydrogens is 582 g/mol. The van der Waals surface area contributed by atoms with E-state index in [2.05, 4.69) is 25.9 Å². The summed E-state index contributed by atoms with van der Waals surface area (Å²) < 4.78 is 0. The summed E-state index contributed by atoms with van der Waals surface area (Å²) in [6.07, 6.45) is 2.63. The van der Waals surface area contributed by atoms with Gasteiger partial charge in [-0.15, -0.1) is 0 Å². The molecule has 0 aliphatic carbocycles. The zero-order valence-corrected chi connectivity index (χ0v) is 27.6. The lowest BCUT2D eigenvalue weighted by Crippen LogP contribution is -2.22. The Hall–Kier alpha value is -4.91. The van der Waals surface area contributed by atoms with E-state index in [0.717, 1.165) is 54.4 Å². The smallest absolute Gasteiger partial charge is 0.300 e. The lowest BCUT2D eigenvalue weighted by Gasteiger charge is -2.11. The van der Waals surface area contributed by atoms with Crippen LogP contribution in [-0.2, 0) is 24.0 Å². The molecule has 13 nitrogen and oxygen atoms in total. The molecule has 2 aromatic carbocycles. The van der Waals surface area contributed by atoms with Gasteiger partial charge in [0.1, 0.15) is 0 Å². The number of aryl methyl sites for hydroxylation is 6. The highest BCUT2D eigenvalue weighted by Crippen LogP contribution is 2.22. The number of carbonyl (C=O) groups is 5. The molecular formula is C32H47N5O8. The third-order valence-corrected chi connectivity index (χ3v) is 5.10. The van der Waals surface area contributed by atoms with Crippen molar-refractivity contribution in [3.8, 4) is 0 Å². The molecule has 0 heterocycles. The van der Waals surface area contributed by atoms with Crippen molar-refractivity contribution in [3.63, 3.8) is 0 Å². The quantitative estimate of drug-likeness (QED) is 0.165. The first-order valence-electron chi connectivity index (χ1n) is 13.9. The molecule has 0 saturated heterocycles. The van der Waals surface area contributed by atoms with Gasteiger partial charge >= 0.3 is 0 Å². The number of rotatable bonds is 10. The summed E-state index contributed by atoms with van der Waals surface area (Å²) in [4.78, 5) is 59.5. The summed E-state index contributed by atoms with van der Waals surface area (Å²) in [7, 11) is 0. The van der Waals surface area contributed by atoms with Crippen LogP contribution in [0.2, 0.25) is 0 Å². The highest BCUT2D eigenvalue weighted by molar-refractivity contribution is 6.32. The maximum Gasteiger partial charge on any atom is 0.300 e. The van der Waals surface area contributed by atoms with E-state index >= 15 is 0 Å².